The van der Waals surface area contributed by atoms with Gasteiger partial charge in [0.15, 0.2) is 5.82 Å². The number of nitrogens with zero attached hydrogens (tertiary/aromatic N) is 3. The van der Waals surface area contributed by atoms with Crippen molar-refractivity contribution in [1.82, 2.24) is 9.72 Å². The Morgan fingerprint density at radius 2 is 1.97 bits per heavy atom. The third kappa shape index (κ3) is 3.66. The zero-order chi connectivity index (χ0) is 21.4. The average Bonchev–Trinajstić information content (AvgIpc) is 3.37. The van der Waals surface area contributed by atoms with Crippen molar-refractivity contribution in [2.24, 2.45) is 0 Å². The third-order valence-corrected chi connectivity index (χ3v) is 5.35. The second kappa shape index (κ2) is 7.67. The lowest BCUT2D eigenvalue weighted by Gasteiger charge is -2.14. The van der Waals surface area contributed by atoms with Crippen molar-refractivity contribution in [2.75, 3.05) is 16.8 Å². The highest BCUT2D eigenvalue weighted by Crippen LogP contribution is 2.30. The second-order valence-corrected chi connectivity index (χ2v) is 7.54. The summed E-state index contributed by atoms with van der Waals surface area (Å²) >= 11 is 0. The van der Waals surface area contributed by atoms with Gasteiger partial charge in [-0.15, -0.1) is 0 Å². The summed E-state index contributed by atoms with van der Waals surface area (Å²) in [5, 5.41) is 6.98. The van der Waals surface area contributed by atoms with Crippen LogP contribution in [0.1, 0.15) is 35.2 Å². The number of benzene rings is 1. The number of hydrogen-bond acceptors (Lipinski definition) is 4. The molecule has 0 atom stereocenters. The van der Waals surface area contributed by atoms with E-state index in [-0.39, 0.29) is 11.8 Å². The minimum atomic E-state index is -0.210. The smallest absolute Gasteiger partial charge is 0.248 e. The molecule has 4 rings (SSSR count). The molecule has 154 valence electrons. The van der Waals surface area contributed by atoms with Gasteiger partial charge in [-0.1, -0.05) is 5.16 Å². The number of nitrogens with one attached hydrogen (secondary N) is 1. The molecule has 3 heterocycles. The first kappa shape index (κ1) is 19.7. The quantitative estimate of drug-likeness (QED) is 0.668. The Hall–Kier alpha value is -3.61. The molecule has 0 radical (unpaired) electrons. The number of hydrogen-bond donors (Lipinski definition) is 1. The molecule has 2 aromatic heterocycles. The molecule has 0 unspecified atom stereocenters. The minimum absolute atomic E-state index is 0.0341. The molecule has 1 aliphatic rings. The first-order chi connectivity index (χ1) is 14.3. The van der Waals surface area contributed by atoms with Crippen molar-refractivity contribution >= 4 is 29.3 Å². The van der Waals surface area contributed by atoms with E-state index in [4.69, 9.17) is 4.52 Å². The maximum absolute atomic E-state index is 12.4. The SMILES string of the molecule is CC(=O)N1CCc2cc(NC(=O)/C=C/c3cc(C)n(-c4cc(C)on4)c3C)ccc21. The van der Waals surface area contributed by atoms with E-state index in [2.05, 4.69) is 10.5 Å². The number of amides is 2. The Balaban J connectivity index is 1.48. The fourth-order valence-electron chi connectivity index (χ4n) is 3.92. The summed E-state index contributed by atoms with van der Waals surface area (Å²) in [7, 11) is 0. The van der Waals surface area contributed by atoms with Gasteiger partial charge in [0.1, 0.15) is 5.76 Å². The Labute approximate surface area is 175 Å². The molecule has 0 aliphatic carbocycles. The van der Waals surface area contributed by atoms with Gasteiger partial charge in [0.2, 0.25) is 11.8 Å². The molecular weight excluding hydrogens is 380 g/mol. The number of anilines is 2. The molecule has 1 N–H and O–H groups in total. The summed E-state index contributed by atoms with van der Waals surface area (Å²) in [6.45, 7) is 8.07. The maximum atomic E-state index is 12.4. The summed E-state index contributed by atoms with van der Waals surface area (Å²) < 4.78 is 7.17. The first-order valence-electron chi connectivity index (χ1n) is 9.86. The predicted molar refractivity (Wildman–Crippen MR) is 116 cm³/mol. The van der Waals surface area contributed by atoms with Crippen molar-refractivity contribution in [2.45, 2.75) is 34.1 Å². The zero-order valence-electron chi connectivity index (χ0n) is 17.5. The van der Waals surface area contributed by atoms with Crippen LogP contribution in [0.5, 0.6) is 0 Å². The number of carbonyl (C=O) groups excluding carboxylic acids is 2. The van der Waals surface area contributed by atoms with Crippen molar-refractivity contribution in [3.05, 3.63) is 64.7 Å². The molecule has 7 heteroatoms. The topological polar surface area (TPSA) is 80.4 Å². The van der Waals surface area contributed by atoms with Crippen LogP contribution in [-0.2, 0) is 16.0 Å². The van der Waals surface area contributed by atoms with Crippen LogP contribution in [0.3, 0.4) is 0 Å². The summed E-state index contributed by atoms with van der Waals surface area (Å²) in [6, 6.07) is 9.53. The highest BCUT2D eigenvalue weighted by molar-refractivity contribution is 6.02. The van der Waals surface area contributed by atoms with Gasteiger partial charge in [0, 0.05) is 48.4 Å². The highest BCUT2D eigenvalue weighted by atomic mass is 16.5. The van der Waals surface area contributed by atoms with E-state index in [1.807, 2.05) is 55.7 Å². The third-order valence-electron chi connectivity index (χ3n) is 5.35. The lowest BCUT2D eigenvalue weighted by molar-refractivity contribution is -0.116. The lowest BCUT2D eigenvalue weighted by atomic mass is 10.1. The molecule has 0 saturated carbocycles. The van der Waals surface area contributed by atoms with Gasteiger partial charge in [-0.05, 0) is 68.7 Å². The molecule has 0 saturated heterocycles. The Morgan fingerprint density at radius 1 is 1.17 bits per heavy atom. The molecule has 2 amide bonds. The zero-order valence-corrected chi connectivity index (χ0v) is 17.5. The van der Waals surface area contributed by atoms with Gasteiger partial charge >= 0.3 is 0 Å². The van der Waals surface area contributed by atoms with Crippen molar-refractivity contribution < 1.29 is 14.1 Å². The van der Waals surface area contributed by atoms with Crippen LogP contribution in [0.25, 0.3) is 11.9 Å². The van der Waals surface area contributed by atoms with Crippen molar-refractivity contribution in [3.8, 4) is 5.82 Å². The molecule has 0 bridgehead atoms. The molecule has 0 spiro atoms. The Bertz CT molecular complexity index is 1170. The van der Waals surface area contributed by atoms with E-state index < -0.39 is 0 Å². The van der Waals surface area contributed by atoms with Crippen LogP contribution in [-0.4, -0.2) is 28.1 Å². The van der Waals surface area contributed by atoms with Crippen LogP contribution in [0, 0.1) is 20.8 Å². The fourth-order valence-corrected chi connectivity index (χ4v) is 3.92. The lowest BCUT2D eigenvalue weighted by Crippen LogP contribution is -2.25. The average molecular weight is 404 g/mol. The van der Waals surface area contributed by atoms with E-state index in [1.165, 1.54) is 6.08 Å². The van der Waals surface area contributed by atoms with Crippen LogP contribution >= 0.6 is 0 Å². The summed E-state index contributed by atoms with van der Waals surface area (Å²) in [6.07, 6.45) is 4.11. The van der Waals surface area contributed by atoms with Gasteiger partial charge in [0.05, 0.1) is 0 Å². The number of aryl methyl sites for hydroxylation is 2. The van der Waals surface area contributed by atoms with E-state index in [0.29, 0.717) is 6.54 Å². The van der Waals surface area contributed by atoms with Gasteiger partial charge < -0.3 is 14.7 Å². The molecular formula is C23H24N4O3. The first-order valence-corrected chi connectivity index (χ1v) is 9.86. The summed E-state index contributed by atoms with van der Waals surface area (Å²) in [5.41, 5.74) is 5.64. The molecule has 7 nitrogen and oxygen atoms in total. The van der Waals surface area contributed by atoms with Crippen LogP contribution < -0.4 is 10.2 Å². The second-order valence-electron chi connectivity index (χ2n) is 7.54. The number of fused-ring (bicyclic) bond motifs is 1. The fraction of sp³-hybridized carbons (Fsp3) is 0.261. The largest absolute Gasteiger partial charge is 0.360 e. The van der Waals surface area contributed by atoms with Gasteiger partial charge in [-0.25, -0.2) is 0 Å². The van der Waals surface area contributed by atoms with E-state index in [0.717, 1.165) is 51.9 Å². The maximum Gasteiger partial charge on any atom is 0.248 e. The number of rotatable bonds is 4. The highest BCUT2D eigenvalue weighted by Gasteiger charge is 2.22. The Kier molecular flexibility index (Phi) is 5.03. The van der Waals surface area contributed by atoms with Crippen molar-refractivity contribution in [3.63, 3.8) is 0 Å². The van der Waals surface area contributed by atoms with E-state index in [9.17, 15) is 9.59 Å². The molecule has 1 aromatic carbocycles. The van der Waals surface area contributed by atoms with Gasteiger partial charge in [-0.2, -0.15) is 0 Å². The minimum Gasteiger partial charge on any atom is -0.360 e. The molecule has 3 aromatic rings. The number of aromatic nitrogens is 2. The monoisotopic (exact) mass is 404 g/mol. The van der Waals surface area contributed by atoms with Crippen LogP contribution in [0.2, 0.25) is 0 Å². The normalized spacial score (nSPS) is 13.1. The van der Waals surface area contributed by atoms with Crippen LogP contribution in [0.4, 0.5) is 11.4 Å². The van der Waals surface area contributed by atoms with Gasteiger partial charge in [-0.3, -0.25) is 14.2 Å². The standard InChI is InChI=1S/C23H24N4O3/c1-14-11-18(16(3)27(14)22-12-15(2)30-25-22)5-8-23(29)24-20-6-7-21-19(13-20)9-10-26(21)17(4)28/h5-8,11-13H,9-10H2,1-4H3,(H,24,29)/b8-5+. The summed E-state index contributed by atoms with van der Waals surface area (Å²) in [4.78, 5) is 25.9. The molecule has 1 aliphatic heterocycles. The van der Waals surface area contributed by atoms with E-state index >= 15 is 0 Å². The van der Waals surface area contributed by atoms with Crippen molar-refractivity contribution in [1.29, 1.82) is 0 Å². The number of carbonyl (C=O) groups is 2. The predicted octanol–water partition coefficient (Wildman–Crippen LogP) is 3.95. The van der Waals surface area contributed by atoms with E-state index in [1.54, 1.807) is 17.9 Å². The summed E-state index contributed by atoms with van der Waals surface area (Å²) in [5.74, 6) is 1.30. The molecule has 0 fully saturated rings. The van der Waals surface area contributed by atoms with Gasteiger partial charge in [0.25, 0.3) is 0 Å². The van der Waals surface area contributed by atoms with Crippen LogP contribution in [0.15, 0.2) is 40.9 Å². The Morgan fingerprint density at radius 3 is 2.67 bits per heavy atom. The molecule has 30 heavy (non-hydrogen) atoms.